The molecule has 9 heteroatoms. The number of hydrogen-bond acceptors (Lipinski definition) is 7. The Balaban J connectivity index is 1.34. The molecular formula is C26H23BrN4O3S. The quantitative estimate of drug-likeness (QED) is 0.195. The Kier molecular flexibility index (Phi) is 8.48. The SMILES string of the molecule is COc1cc(C=NNc2nc(-c3ccccc3)cs2)c(Br)cc1OCC(=O)NCc1ccccc1. The first-order chi connectivity index (χ1) is 17.1. The van der Waals surface area contributed by atoms with Crippen LogP contribution in [0.5, 0.6) is 11.5 Å². The van der Waals surface area contributed by atoms with Crippen LogP contribution in [-0.4, -0.2) is 30.8 Å². The number of benzene rings is 3. The van der Waals surface area contributed by atoms with E-state index in [1.165, 1.54) is 11.3 Å². The van der Waals surface area contributed by atoms with Gasteiger partial charge in [-0.25, -0.2) is 4.98 Å². The van der Waals surface area contributed by atoms with E-state index in [1.54, 1.807) is 25.5 Å². The van der Waals surface area contributed by atoms with Gasteiger partial charge in [0.15, 0.2) is 18.1 Å². The molecule has 7 nitrogen and oxygen atoms in total. The Morgan fingerprint density at radius 2 is 1.83 bits per heavy atom. The topological polar surface area (TPSA) is 84.8 Å². The molecule has 0 aliphatic carbocycles. The van der Waals surface area contributed by atoms with Gasteiger partial charge in [0.2, 0.25) is 5.13 Å². The maximum absolute atomic E-state index is 12.2. The van der Waals surface area contributed by atoms with Crippen molar-refractivity contribution in [3.05, 3.63) is 93.8 Å². The van der Waals surface area contributed by atoms with Gasteiger partial charge in [0, 0.05) is 27.5 Å². The zero-order chi connectivity index (χ0) is 24.5. The summed E-state index contributed by atoms with van der Waals surface area (Å²) in [6.45, 7) is 0.316. The van der Waals surface area contributed by atoms with E-state index >= 15 is 0 Å². The second kappa shape index (κ2) is 12.1. The Labute approximate surface area is 216 Å². The fraction of sp³-hybridized carbons (Fsp3) is 0.115. The van der Waals surface area contributed by atoms with Crippen LogP contribution in [0.2, 0.25) is 0 Å². The lowest BCUT2D eigenvalue weighted by atomic mass is 10.2. The van der Waals surface area contributed by atoms with Gasteiger partial charge in [0.05, 0.1) is 19.0 Å². The van der Waals surface area contributed by atoms with Crippen LogP contribution in [0.25, 0.3) is 11.3 Å². The van der Waals surface area contributed by atoms with Gasteiger partial charge in [-0.05, 0) is 33.6 Å². The molecule has 0 radical (unpaired) electrons. The van der Waals surface area contributed by atoms with Crippen molar-refractivity contribution in [2.24, 2.45) is 5.10 Å². The zero-order valence-corrected chi connectivity index (χ0v) is 21.3. The van der Waals surface area contributed by atoms with Crippen molar-refractivity contribution in [2.45, 2.75) is 6.54 Å². The number of anilines is 1. The fourth-order valence-electron chi connectivity index (χ4n) is 3.14. The van der Waals surface area contributed by atoms with Crippen molar-refractivity contribution in [3.8, 4) is 22.8 Å². The number of amides is 1. The minimum atomic E-state index is -0.222. The van der Waals surface area contributed by atoms with Gasteiger partial charge >= 0.3 is 0 Å². The summed E-state index contributed by atoms with van der Waals surface area (Å²) in [6, 6.07) is 23.2. The van der Waals surface area contributed by atoms with Gasteiger partial charge in [-0.15, -0.1) is 11.3 Å². The lowest BCUT2D eigenvalue weighted by Crippen LogP contribution is -2.28. The maximum atomic E-state index is 12.2. The first kappa shape index (κ1) is 24.4. The summed E-state index contributed by atoms with van der Waals surface area (Å²) in [6.07, 6.45) is 1.66. The smallest absolute Gasteiger partial charge is 0.258 e. The number of nitrogens with one attached hydrogen (secondary N) is 2. The lowest BCUT2D eigenvalue weighted by Gasteiger charge is -2.13. The third kappa shape index (κ3) is 6.91. The molecule has 1 heterocycles. The van der Waals surface area contributed by atoms with Gasteiger partial charge in [-0.3, -0.25) is 10.2 Å². The minimum absolute atomic E-state index is 0.127. The van der Waals surface area contributed by atoms with Gasteiger partial charge in [-0.1, -0.05) is 60.7 Å². The number of thiazole rings is 1. The molecular weight excluding hydrogens is 528 g/mol. The van der Waals surface area contributed by atoms with E-state index in [0.717, 1.165) is 26.9 Å². The van der Waals surface area contributed by atoms with Crippen LogP contribution in [0, 0.1) is 0 Å². The standard InChI is InChI=1S/C26H23BrN4O3S/c1-33-23-12-20(15-29-31-26-30-22(17-35-26)19-10-6-3-7-11-19)21(27)13-24(23)34-16-25(32)28-14-18-8-4-2-5-9-18/h2-13,15,17H,14,16H2,1H3,(H,28,32)(H,30,31). The molecule has 1 aromatic heterocycles. The predicted octanol–water partition coefficient (Wildman–Crippen LogP) is 5.72. The van der Waals surface area contributed by atoms with Gasteiger partial charge < -0.3 is 14.8 Å². The Bertz CT molecular complexity index is 1300. The van der Waals surface area contributed by atoms with E-state index in [2.05, 4.69) is 36.8 Å². The van der Waals surface area contributed by atoms with Gasteiger partial charge in [-0.2, -0.15) is 5.10 Å². The van der Waals surface area contributed by atoms with Gasteiger partial charge in [0.25, 0.3) is 5.91 Å². The van der Waals surface area contributed by atoms with Crippen molar-refractivity contribution in [3.63, 3.8) is 0 Å². The van der Waals surface area contributed by atoms with E-state index in [4.69, 9.17) is 9.47 Å². The number of halogens is 1. The fourth-order valence-corrected chi connectivity index (χ4v) is 4.23. The number of carbonyl (C=O) groups is 1. The highest BCUT2D eigenvalue weighted by molar-refractivity contribution is 9.10. The van der Waals surface area contributed by atoms with E-state index < -0.39 is 0 Å². The highest BCUT2D eigenvalue weighted by Crippen LogP contribution is 2.33. The van der Waals surface area contributed by atoms with Crippen LogP contribution < -0.4 is 20.2 Å². The third-order valence-electron chi connectivity index (χ3n) is 4.91. The number of carbonyl (C=O) groups excluding carboxylic acids is 1. The largest absolute Gasteiger partial charge is 0.493 e. The summed E-state index contributed by atoms with van der Waals surface area (Å²) < 4.78 is 11.9. The normalized spacial score (nSPS) is 10.8. The van der Waals surface area contributed by atoms with Crippen molar-refractivity contribution in [1.82, 2.24) is 10.3 Å². The summed E-state index contributed by atoms with van der Waals surface area (Å²) in [5.41, 5.74) is 6.70. The summed E-state index contributed by atoms with van der Waals surface area (Å²) in [5, 5.41) is 9.80. The first-order valence-electron chi connectivity index (χ1n) is 10.7. The third-order valence-corrected chi connectivity index (χ3v) is 6.35. The van der Waals surface area contributed by atoms with Crippen LogP contribution in [0.15, 0.2) is 87.8 Å². The minimum Gasteiger partial charge on any atom is -0.493 e. The van der Waals surface area contributed by atoms with Crippen LogP contribution in [0.4, 0.5) is 5.13 Å². The molecule has 0 bridgehead atoms. The molecule has 0 atom stereocenters. The number of rotatable bonds is 10. The predicted molar refractivity (Wildman–Crippen MR) is 143 cm³/mol. The number of methoxy groups -OCH3 is 1. The summed E-state index contributed by atoms with van der Waals surface area (Å²) >= 11 is 5.01. The molecule has 0 aliphatic rings. The number of hydrazone groups is 1. The molecule has 0 fully saturated rings. The summed E-state index contributed by atoms with van der Waals surface area (Å²) in [4.78, 5) is 16.7. The Morgan fingerprint density at radius 1 is 1.09 bits per heavy atom. The maximum Gasteiger partial charge on any atom is 0.258 e. The van der Waals surface area contributed by atoms with E-state index in [9.17, 15) is 4.79 Å². The van der Waals surface area contributed by atoms with Crippen LogP contribution in [0.1, 0.15) is 11.1 Å². The van der Waals surface area contributed by atoms with E-state index in [1.807, 2.05) is 66.0 Å². The van der Waals surface area contributed by atoms with Crippen molar-refractivity contribution in [2.75, 3.05) is 19.1 Å². The second-order valence-electron chi connectivity index (χ2n) is 7.35. The molecule has 0 saturated heterocycles. The molecule has 0 unspecified atom stereocenters. The summed E-state index contributed by atoms with van der Waals surface area (Å²) in [5.74, 6) is 0.720. The number of hydrogen-bond donors (Lipinski definition) is 2. The molecule has 1 amide bonds. The molecule has 4 aromatic rings. The number of ether oxygens (including phenoxy) is 2. The van der Waals surface area contributed by atoms with Crippen LogP contribution in [-0.2, 0) is 11.3 Å². The van der Waals surface area contributed by atoms with Gasteiger partial charge in [0.1, 0.15) is 0 Å². The molecule has 178 valence electrons. The highest BCUT2D eigenvalue weighted by atomic mass is 79.9. The first-order valence-corrected chi connectivity index (χ1v) is 12.4. The number of nitrogens with zero attached hydrogens (tertiary/aromatic N) is 2. The highest BCUT2D eigenvalue weighted by Gasteiger charge is 2.12. The number of aromatic nitrogens is 1. The van der Waals surface area contributed by atoms with E-state index in [0.29, 0.717) is 23.2 Å². The monoisotopic (exact) mass is 550 g/mol. The van der Waals surface area contributed by atoms with E-state index in [-0.39, 0.29) is 12.5 Å². The Hall–Kier alpha value is -3.69. The zero-order valence-electron chi connectivity index (χ0n) is 18.9. The molecule has 0 saturated carbocycles. The van der Waals surface area contributed by atoms with Crippen LogP contribution in [0.3, 0.4) is 0 Å². The molecule has 0 spiro atoms. The van der Waals surface area contributed by atoms with Crippen molar-refractivity contribution < 1.29 is 14.3 Å². The molecule has 35 heavy (non-hydrogen) atoms. The average molecular weight is 551 g/mol. The van der Waals surface area contributed by atoms with Crippen molar-refractivity contribution >= 4 is 44.5 Å². The molecule has 3 aromatic carbocycles. The molecule has 2 N–H and O–H groups in total. The molecule has 4 rings (SSSR count). The second-order valence-corrected chi connectivity index (χ2v) is 9.06. The van der Waals surface area contributed by atoms with Crippen molar-refractivity contribution in [1.29, 1.82) is 0 Å². The summed E-state index contributed by atoms with van der Waals surface area (Å²) in [7, 11) is 1.55. The Morgan fingerprint density at radius 3 is 2.57 bits per heavy atom. The average Bonchev–Trinajstić information content (AvgIpc) is 3.37. The molecule has 0 aliphatic heterocycles. The lowest BCUT2D eigenvalue weighted by molar-refractivity contribution is -0.123. The van der Waals surface area contributed by atoms with Crippen LogP contribution >= 0.6 is 27.3 Å².